The molecule has 1 saturated heterocycles. The van der Waals surface area contributed by atoms with E-state index in [1.807, 2.05) is 0 Å². The quantitative estimate of drug-likeness (QED) is 0.432. The first-order valence-corrected chi connectivity index (χ1v) is 8.70. The van der Waals surface area contributed by atoms with Crippen molar-refractivity contribution in [1.82, 2.24) is 10.4 Å². The summed E-state index contributed by atoms with van der Waals surface area (Å²) in [7, 11) is 0. The van der Waals surface area contributed by atoms with Gasteiger partial charge in [0.15, 0.2) is 15.8 Å². The Hall–Kier alpha value is -2.36. The van der Waals surface area contributed by atoms with Crippen LogP contribution in [0.1, 0.15) is 15.2 Å². The lowest BCUT2D eigenvalue weighted by molar-refractivity contribution is -0.123. The Balaban J connectivity index is 1.79. The number of hydrazine groups is 1. The first kappa shape index (κ1) is 16.5. The second kappa shape index (κ2) is 6.63. The van der Waals surface area contributed by atoms with E-state index in [0.29, 0.717) is 15.3 Å². The summed E-state index contributed by atoms with van der Waals surface area (Å²) in [5, 5.41) is 21.6. The molecule has 3 N–H and O–H groups in total. The highest BCUT2D eigenvalue weighted by molar-refractivity contribution is 8.26. The summed E-state index contributed by atoms with van der Waals surface area (Å²) in [4.78, 5) is 25.2. The second-order valence-electron chi connectivity index (χ2n) is 4.68. The number of rotatable bonds is 3. The molecule has 0 radical (unpaired) electrons. The lowest BCUT2D eigenvalue weighted by atomic mass is 10.2. The molecule has 3 rings (SSSR count). The van der Waals surface area contributed by atoms with Crippen molar-refractivity contribution < 1.29 is 19.8 Å². The van der Waals surface area contributed by atoms with Crippen LogP contribution in [0.3, 0.4) is 0 Å². The molecular weight excluding hydrogens is 368 g/mol. The van der Waals surface area contributed by atoms with Crippen molar-refractivity contribution in [3.05, 3.63) is 51.1 Å². The zero-order valence-electron chi connectivity index (χ0n) is 11.9. The third-order valence-corrected chi connectivity index (χ3v) is 5.22. The zero-order chi connectivity index (χ0) is 17.3. The van der Waals surface area contributed by atoms with Gasteiger partial charge in [-0.15, -0.1) is 11.3 Å². The average molecular weight is 378 g/mol. The molecule has 0 aliphatic carbocycles. The fraction of sp³-hybridized carbons (Fsp3) is 0. The van der Waals surface area contributed by atoms with E-state index in [2.05, 4.69) is 5.43 Å². The first-order chi connectivity index (χ1) is 11.5. The lowest BCUT2D eigenvalue weighted by Crippen LogP contribution is -2.44. The number of hydrogen-bond donors (Lipinski definition) is 3. The minimum atomic E-state index is -0.456. The Morgan fingerprint density at radius 3 is 2.71 bits per heavy atom. The van der Waals surface area contributed by atoms with Crippen LogP contribution in [0.15, 0.2) is 40.6 Å². The van der Waals surface area contributed by atoms with Crippen molar-refractivity contribution in [3.8, 4) is 11.5 Å². The number of hydrogen-bond acceptors (Lipinski definition) is 7. The third-order valence-electron chi connectivity index (χ3n) is 3.05. The number of thiophene rings is 1. The summed E-state index contributed by atoms with van der Waals surface area (Å²) < 4.78 is 0.208. The topological polar surface area (TPSA) is 89.9 Å². The van der Waals surface area contributed by atoms with Crippen molar-refractivity contribution in [3.63, 3.8) is 0 Å². The van der Waals surface area contributed by atoms with Gasteiger partial charge in [0.1, 0.15) is 0 Å². The molecule has 1 fully saturated rings. The molecule has 24 heavy (non-hydrogen) atoms. The van der Waals surface area contributed by atoms with Crippen molar-refractivity contribution >= 4 is 57.5 Å². The second-order valence-corrected chi connectivity index (χ2v) is 7.31. The van der Waals surface area contributed by atoms with Gasteiger partial charge in [0.05, 0.1) is 9.78 Å². The summed E-state index contributed by atoms with van der Waals surface area (Å²) in [6.45, 7) is 0. The molecule has 0 saturated carbocycles. The number of thiocarbonyl (C=S) groups is 1. The normalized spacial score (nSPS) is 16.0. The molecule has 122 valence electrons. The van der Waals surface area contributed by atoms with Crippen molar-refractivity contribution in [2.24, 2.45) is 0 Å². The van der Waals surface area contributed by atoms with Gasteiger partial charge in [-0.05, 0) is 47.4 Å². The number of thioether (sulfide) groups is 1. The largest absolute Gasteiger partial charge is 0.504 e. The van der Waals surface area contributed by atoms with E-state index in [0.717, 1.165) is 16.8 Å². The Bertz CT molecular complexity index is 862. The van der Waals surface area contributed by atoms with Crippen molar-refractivity contribution in [2.75, 3.05) is 0 Å². The molecule has 1 aromatic heterocycles. The average Bonchev–Trinajstić information content (AvgIpc) is 3.16. The number of nitrogens with zero attached hydrogens (tertiary/aromatic N) is 1. The first-order valence-electron chi connectivity index (χ1n) is 6.60. The van der Waals surface area contributed by atoms with Gasteiger partial charge < -0.3 is 10.2 Å². The Morgan fingerprint density at radius 1 is 1.25 bits per heavy atom. The molecule has 0 atom stereocenters. The van der Waals surface area contributed by atoms with Crippen LogP contribution in [0.5, 0.6) is 11.5 Å². The van der Waals surface area contributed by atoms with Gasteiger partial charge in [0, 0.05) is 0 Å². The van der Waals surface area contributed by atoms with Crippen LogP contribution in [0, 0.1) is 0 Å². The molecule has 0 bridgehead atoms. The summed E-state index contributed by atoms with van der Waals surface area (Å²) in [6, 6.07) is 7.58. The number of benzene rings is 1. The minimum absolute atomic E-state index is 0.208. The van der Waals surface area contributed by atoms with Gasteiger partial charge in [-0.2, -0.15) is 5.01 Å². The predicted molar refractivity (Wildman–Crippen MR) is 96.6 cm³/mol. The Morgan fingerprint density at radius 2 is 2.04 bits per heavy atom. The number of phenols is 2. The van der Waals surface area contributed by atoms with Crippen LogP contribution in [0.25, 0.3) is 6.08 Å². The van der Waals surface area contributed by atoms with Gasteiger partial charge in [0.25, 0.3) is 11.8 Å². The number of carbonyl (C=O) groups excluding carboxylic acids is 2. The fourth-order valence-electron chi connectivity index (χ4n) is 1.91. The number of nitrogens with one attached hydrogen (secondary N) is 1. The van der Waals surface area contributed by atoms with Gasteiger partial charge in [0.2, 0.25) is 0 Å². The summed E-state index contributed by atoms with van der Waals surface area (Å²) in [5.74, 6) is -1.40. The van der Waals surface area contributed by atoms with Crippen LogP contribution < -0.4 is 5.43 Å². The van der Waals surface area contributed by atoms with Crippen LogP contribution in [-0.2, 0) is 4.79 Å². The van der Waals surface area contributed by atoms with Crippen molar-refractivity contribution in [1.29, 1.82) is 0 Å². The van der Waals surface area contributed by atoms with E-state index in [1.54, 1.807) is 23.6 Å². The highest BCUT2D eigenvalue weighted by atomic mass is 32.2. The molecule has 9 heteroatoms. The van der Waals surface area contributed by atoms with Crippen molar-refractivity contribution in [2.45, 2.75) is 0 Å². The Kier molecular flexibility index (Phi) is 4.56. The summed E-state index contributed by atoms with van der Waals surface area (Å²) in [5.41, 5.74) is 3.00. The molecule has 0 spiro atoms. The molecule has 2 heterocycles. The smallest absolute Gasteiger partial charge is 0.285 e. The standard InChI is InChI=1S/C15H10N2O4S3/c18-9-4-3-8(6-10(9)19)7-12-14(21)17(15(22)24-12)16-13(20)11-2-1-5-23-11/h1-7,18-19H,(H,16,20)/b12-7+. The summed E-state index contributed by atoms with van der Waals surface area (Å²) >= 11 is 7.43. The van der Waals surface area contributed by atoms with E-state index >= 15 is 0 Å². The molecule has 2 amide bonds. The number of amides is 2. The molecule has 1 aromatic carbocycles. The Labute approximate surface area is 150 Å². The molecule has 6 nitrogen and oxygen atoms in total. The molecule has 0 unspecified atom stereocenters. The summed E-state index contributed by atoms with van der Waals surface area (Å²) in [6.07, 6.45) is 1.52. The number of aromatic hydroxyl groups is 2. The monoisotopic (exact) mass is 378 g/mol. The van der Waals surface area contributed by atoms with Gasteiger partial charge >= 0.3 is 0 Å². The van der Waals surface area contributed by atoms with Crippen LogP contribution in [-0.4, -0.2) is 31.4 Å². The minimum Gasteiger partial charge on any atom is -0.504 e. The van der Waals surface area contributed by atoms with E-state index in [1.165, 1.54) is 29.5 Å². The maximum absolute atomic E-state index is 12.4. The van der Waals surface area contributed by atoms with Gasteiger partial charge in [-0.25, -0.2) is 0 Å². The van der Waals surface area contributed by atoms with E-state index in [-0.39, 0.29) is 15.8 Å². The maximum Gasteiger partial charge on any atom is 0.285 e. The van der Waals surface area contributed by atoms with Gasteiger partial charge in [-0.1, -0.05) is 23.9 Å². The molecule has 1 aliphatic heterocycles. The number of carbonyl (C=O) groups is 2. The van der Waals surface area contributed by atoms with Crippen LogP contribution >= 0.6 is 35.3 Å². The lowest BCUT2D eigenvalue weighted by Gasteiger charge is -2.14. The zero-order valence-corrected chi connectivity index (χ0v) is 14.4. The predicted octanol–water partition coefficient (Wildman–Crippen LogP) is 2.71. The van der Waals surface area contributed by atoms with E-state index in [4.69, 9.17) is 12.2 Å². The van der Waals surface area contributed by atoms with Crippen LogP contribution in [0.2, 0.25) is 0 Å². The van der Waals surface area contributed by atoms with E-state index < -0.39 is 11.8 Å². The third kappa shape index (κ3) is 3.28. The maximum atomic E-state index is 12.4. The van der Waals surface area contributed by atoms with Gasteiger partial charge in [-0.3, -0.25) is 15.0 Å². The van der Waals surface area contributed by atoms with Crippen LogP contribution in [0.4, 0.5) is 0 Å². The molecular formula is C15H10N2O4S3. The number of phenolic OH excluding ortho intramolecular Hbond substituents is 2. The van der Waals surface area contributed by atoms with E-state index in [9.17, 15) is 19.8 Å². The SMILES string of the molecule is O=C(NN1C(=O)/C(=C\c2ccc(O)c(O)c2)SC1=S)c1cccs1. The highest BCUT2D eigenvalue weighted by Gasteiger charge is 2.33. The molecule has 2 aromatic rings. The highest BCUT2D eigenvalue weighted by Crippen LogP contribution is 2.33. The fourth-order valence-corrected chi connectivity index (χ4v) is 3.70. The molecule has 1 aliphatic rings.